The Kier molecular flexibility index (Phi) is 21.7. The monoisotopic (exact) mass is 776 g/mol. The molecule has 0 bridgehead atoms. The highest BCUT2D eigenvalue weighted by atomic mass is 32.2. The SMILES string of the molecule is O=[N+]([O-])c1cccc(S(=O)(=O)OC[C@H](O)COCCCCCCCCCCCCCCCCOC[C@@H](O)COS(=O)(=O)c2cccc([N+](=O)[O-])c2)c1. The average Bonchev–Trinajstić information content (AvgIpc) is 3.12. The highest BCUT2D eigenvalue weighted by Crippen LogP contribution is 2.21. The lowest BCUT2D eigenvalue weighted by molar-refractivity contribution is -0.385. The van der Waals surface area contributed by atoms with Crippen LogP contribution in [0.5, 0.6) is 0 Å². The number of aliphatic hydroxyl groups excluding tert-OH is 2. The van der Waals surface area contributed by atoms with Gasteiger partial charge in [0.25, 0.3) is 31.6 Å². The first kappa shape index (κ1) is 45.1. The Hall–Kier alpha value is -3.10. The van der Waals surface area contributed by atoms with E-state index < -0.39 is 55.5 Å². The molecule has 0 aliphatic heterocycles. The number of ether oxygens (including phenoxy) is 2. The Morgan fingerprint density at radius 2 is 0.827 bits per heavy atom. The first-order valence-corrected chi connectivity index (χ1v) is 20.4. The summed E-state index contributed by atoms with van der Waals surface area (Å²) in [5.41, 5.74) is -0.746. The molecule has 0 spiro atoms. The topological polar surface area (TPSA) is 232 Å². The van der Waals surface area contributed by atoms with Gasteiger partial charge in [0.2, 0.25) is 0 Å². The molecule has 0 amide bonds. The molecule has 0 aliphatic carbocycles. The van der Waals surface area contributed by atoms with Gasteiger partial charge in [0.15, 0.2) is 0 Å². The van der Waals surface area contributed by atoms with Crippen molar-refractivity contribution in [2.75, 3.05) is 39.6 Å². The van der Waals surface area contributed by atoms with E-state index in [4.69, 9.17) is 17.8 Å². The molecule has 0 saturated heterocycles. The second-order valence-corrected chi connectivity index (χ2v) is 15.6. The van der Waals surface area contributed by atoms with Crippen LogP contribution in [0.3, 0.4) is 0 Å². The van der Waals surface area contributed by atoms with Crippen molar-refractivity contribution in [3.63, 3.8) is 0 Å². The van der Waals surface area contributed by atoms with Crippen molar-refractivity contribution in [1.29, 1.82) is 0 Å². The lowest BCUT2D eigenvalue weighted by Crippen LogP contribution is -2.24. The van der Waals surface area contributed by atoms with Gasteiger partial charge in [0, 0.05) is 37.5 Å². The summed E-state index contributed by atoms with van der Waals surface area (Å²) in [7, 11) is -8.49. The Morgan fingerprint density at radius 1 is 0.519 bits per heavy atom. The van der Waals surface area contributed by atoms with Gasteiger partial charge in [0.05, 0.1) is 36.3 Å². The van der Waals surface area contributed by atoms with Crippen molar-refractivity contribution in [3.05, 3.63) is 68.8 Å². The van der Waals surface area contributed by atoms with E-state index in [0.717, 1.165) is 63.5 Å². The predicted molar refractivity (Wildman–Crippen MR) is 191 cm³/mol. The summed E-state index contributed by atoms with van der Waals surface area (Å²) >= 11 is 0. The number of nitro groups is 2. The van der Waals surface area contributed by atoms with E-state index in [1.807, 2.05) is 0 Å². The molecule has 2 atom stereocenters. The molecule has 2 N–H and O–H groups in total. The minimum absolute atomic E-state index is 0.0752. The molecule has 52 heavy (non-hydrogen) atoms. The van der Waals surface area contributed by atoms with Crippen molar-refractivity contribution < 1.29 is 54.7 Å². The van der Waals surface area contributed by atoms with Crippen molar-refractivity contribution in [3.8, 4) is 0 Å². The summed E-state index contributed by atoms with van der Waals surface area (Å²) in [6.07, 6.45) is 13.1. The van der Waals surface area contributed by atoms with E-state index in [9.17, 15) is 47.3 Å². The van der Waals surface area contributed by atoms with E-state index in [0.29, 0.717) is 13.2 Å². The molecular weight excluding hydrogens is 725 g/mol. The molecule has 2 aromatic carbocycles. The first-order chi connectivity index (χ1) is 24.8. The third kappa shape index (κ3) is 19.1. The van der Waals surface area contributed by atoms with Crippen molar-refractivity contribution in [2.24, 2.45) is 0 Å². The summed E-state index contributed by atoms with van der Waals surface area (Å²) in [6, 6.07) is 9.02. The van der Waals surface area contributed by atoms with E-state index in [2.05, 4.69) is 0 Å². The Bertz CT molecular complexity index is 1440. The molecule has 2 aromatic rings. The molecule has 16 nitrogen and oxygen atoms in total. The van der Waals surface area contributed by atoms with Gasteiger partial charge in [-0.05, 0) is 25.0 Å². The normalized spacial score (nSPS) is 13.2. The summed E-state index contributed by atoms with van der Waals surface area (Å²) < 4.78 is 69.4. The molecule has 294 valence electrons. The van der Waals surface area contributed by atoms with Gasteiger partial charge >= 0.3 is 0 Å². The Labute approximate surface area is 306 Å². The van der Waals surface area contributed by atoms with Crippen LogP contribution in [0.1, 0.15) is 89.9 Å². The fourth-order valence-electron chi connectivity index (χ4n) is 5.04. The molecule has 0 radical (unpaired) electrons. The highest BCUT2D eigenvalue weighted by Gasteiger charge is 2.22. The quantitative estimate of drug-likeness (QED) is 0.0397. The number of nitrogens with zero attached hydrogens (tertiary/aromatic N) is 2. The van der Waals surface area contributed by atoms with Gasteiger partial charge in [-0.2, -0.15) is 16.8 Å². The number of non-ortho nitro benzene ring substituents is 2. The third-order valence-electron chi connectivity index (χ3n) is 7.91. The van der Waals surface area contributed by atoms with Crippen molar-refractivity contribution in [1.82, 2.24) is 0 Å². The van der Waals surface area contributed by atoms with Crippen LogP contribution >= 0.6 is 0 Å². The molecule has 18 heteroatoms. The summed E-state index contributed by atoms with van der Waals surface area (Å²) in [4.78, 5) is 19.6. The maximum atomic E-state index is 12.2. The van der Waals surface area contributed by atoms with Crippen LogP contribution in [0, 0.1) is 20.2 Å². The number of hydrogen-bond acceptors (Lipinski definition) is 14. The predicted octanol–water partition coefficient (Wildman–Crippen LogP) is 5.83. The molecule has 0 heterocycles. The molecule has 0 aromatic heterocycles. The zero-order valence-corrected chi connectivity index (χ0v) is 31.1. The number of benzene rings is 2. The van der Waals surface area contributed by atoms with Crippen molar-refractivity contribution >= 4 is 31.6 Å². The number of unbranched alkanes of at least 4 members (excludes halogenated alkanes) is 13. The second kappa shape index (κ2) is 25.0. The summed E-state index contributed by atoms with van der Waals surface area (Å²) in [5, 5.41) is 41.6. The van der Waals surface area contributed by atoms with E-state index in [1.165, 1.54) is 74.9 Å². The largest absolute Gasteiger partial charge is 0.388 e. The molecule has 0 fully saturated rings. The van der Waals surface area contributed by atoms with Gasteiger partial charge in [-0.25, -0.2) is 0 Å². The van der Waals surface area contributed by atoms with Crippen LogP contribution in [-0.2, 0) is 38.1 Å². The highest BCUT2D eigenvalue weighted by molar-refractivity contribution is 7.87. The fraction of sp³-hybridized carbons (Fsp3) is 0.647. The van der Waals surface area contributed by atoms with Gasteiger partial charge in [-0.3, -0.25) is 28.6 Å². The Balaban J connectivity index is 1.33. The van der Waals surface area contributed by atoms with Gasteiger partial charge < -0.3 is 19.7 Å². The number of aliphatic hydroxyl groups is 2. The minimum atomic E-state index is -4.24. The standard InChI is InChI=1S/C34H52N2O14S2/c37-31(27-49-51(43,44)33-19-15-17-29(23-33)35(39)40)25-47-21-13-11-9-7-5-3-1-2-4-6-8-10-12-14-22-48-26-32(38)28-50-52(45,46)34-20-16-18-30(24-34)36(41)42/h15-20,23-24,31-32,37-38H,1-14,21-22,25-28H2/t31-,32-/m1/s1. The lowest BCUT2D eigenvalue weighted by atomic mass is 10.0. The fourth-order valence-corrected chi connectivity index (χ4v) is 7.01. The zero-order chi connectivity index (χ0) is 38.2. The van der Waals surface area contributed by atoms with Crippen LogP contribution in [0.25, 0.3) is 0 Å². The maximum Gasteiger partial charge on any atom is 0.297 e. The molecule has 0 aliphatic rings. The lowest BCUT2D eigenvalue weighted by Gasteiger charge is -2.12. The molecule has 0 saturated carbocycles. The van der Waals surface area contributed by atoms with Crippen LogP contribution in [0.4, 0.5) is 11.4 Å². The second-order valence-electron chi connectivity index (χ2n) is 12.4. The van der Waals surface area contributed by atoms with Crippen molar-refractivity contribution in [2.45, 2.75) is 112 Å². The van der Waals surface area contributed by atoms with E-state index in [1.54, 1.807) is 0 Å². The maximum absolute atomic E-state index is 12.2. The van der Waals surface area contributed by atoms with Crippen LogP contribution in [-0.4, -0.2) is 88.7 Å². The van der Waals surface area contributed by atoms with Crippen LogP contribution in [0.2, 0.25) is 0 Å². The average molecular weight is 777 g/mol. The van der Waals surface area contributed by atoms with Crippen LogP contribution in [0.15, 0.2) is 58.3 Å². The summed E-state index contributed by atoms with van der Waals surface area (Å²) in [6.45, 7) is -0.279. The minimum Gasteiger partial charge on any atom is -0.388 e. The van der Waals surface area contributed by atoms with Crippen LogP contribution < -0.4 is 0 Å². The van der Waals surface area contributed by atoms with E-state index in [-0.39, 0.29) is 34.4 Å². The first-order valence-electron chi connectivity index (χ1n) is 17.6. The molecule has 0 unspecified atom stereocenters. The number of nitro benzene ring substituents is 2. The van der Waals surface area contributed by atoms with E-state index >= 15 is 0 Å². The smallest absolute Gasteiger partial charge is 0.297 e. The molecular formula is C34H52N2O14S2. The van der Waals surface area contributed by atoms with Gasteiger partial charge in [-0.1, -0.05) is 89.2 Å². The zero-order valence-electron chi connectivity index (χ0n) is 29.4. The molecule has 2 rings (SSSR count). The third-order valence-corrected chi connectivity index (χ3v) is 10.5. The van der Waals surface area contributed by atoms with Gasteiger partial charge in [0.1, 0.15) is 22.0 Å². The number of rotatable bonds is 31. The summed E-state index contributed by atoms with van der Waals surface area (Å²) in [5.74, 6) is 0. The number of hydrogen-bond donors (Lipinski definition) is 2. The Morgan fingerprint density at radius 3 is 1.13 bits per heavy atom. The van der Waals surface area contributed by atoms with Gasteiger partial charge in [-0.15, -0.1) is 0 Å².